The van der Waals surface area contributed by atoms with Crippen LogP contribution in [-0.2, 0) is 0 Å². The van der Waals surface area contributed by atoms with Crippen LogP contribution in [0.3, 0.4) is 0 Å². The van der Waals surface area contributed by atoms with Crippen LogP contribution in [0.5, 0.6) is 0 Å². The molecule has 5 heteroatoms. The van der Waals surface area contributed by atoms with Gasteiger partial charge in [0.05, 0.1) is 11.1 Å². The molecule has 1 aliphatic rings. The second-order valence-electron chi connectivity index (χ2n) is 5.21. The zero-order valence-corrected chi connectivity index (χ0v) is 13.1. The molecule has 0 aliphatic heterocycles. The molecule has 0 saturated heterocycles. The van der Waals surface area contributed by atoms with Crippen molar-refractivity contribution in [2.24, 2.45) is 0 Å². The van der Waals surface area contributed by atoms with Crippen LogP contribution in [0.15, 0.2) is 22.7 Å². The van der Waals surface area contributed by atoms with E-state index in [1.807, 2.05) is 0 Å². The van der Waals surface area contributed by atoms with Gasteiger partial charge >= 0.3 is 0 Å². The summed E-state index contributed by atoms with van der Waals surface area (Å²) >= 11 is 9.25. The number of nitrogens with zero attached hydrogens (tertiary/aromatic N) is 2. The first-order valence-corrected chi connectivity index (χ1v) is 7.24. The number of hydrogen-bond donors (Lipinski definition) is 0. The lowest BCUT2D eigenvalue weighted by Crippen LogP contribution is -2.48. The van der Waals surface area contributed by atoms with Gasteiger partial charge in [0, 0.05) is 16.1 Å². The first-order chi connectivity index (χ1) is 8.86. The molecule has 0 unspecified atom stereocenters. The molecule has 0 heterocycles. The normalized spacial score (nSPS) is 14.9. The quantitative estimate of drug-likeness (QED) is 0.834. The maximum atomic E-state index is 12.6. The van der Waals surface area contributed by atoms with Gasteiger partial charge in [-0.1, -0.05) is 11.6 Å². The zero-order chi connectivity index (χ0) is 14.2. The molecule has 0 bridgehead atoms. The summed E-state index contributed by atoms with van der Waals surface area (Å²) in [7, 11) is 0. The minimum Gasteiger partial charge on any atom is -0.317 e. The van der Waals surface area contributed by atoms with Crippen LogP contribution in [0.1, 0.15) is 37.0 Å². The topological polar surface area (TPSA) is 44.1 Å². The second kappa shape index (κ2) is 5.15. The Hall–Kier alpha value is -1.05. The summed E-state index contributed by atoms with van der Waals surface area (Å²) in [4.78, 5) is 14.3. The van der Waals surface area contributed by atoms with Gasteiger partial charge in [-0.2, -0.15) is 5.26 Å². The highest BCUT2D eigenvalue weighted by Crippen LogP contribution is 2.34. The molecule has 0 atom stereocenters. The molecule has 0 aromatic heterocycles. The fourth-order valence-electron chi connectivity index (χ4n) is 2.03. The highest BCUT2D eigenvalue weighted by Gasteiger charge is 2.42. The highest BCUT2D eigenvalue weighted by atomic mass is 79.9. The van der Waals surface area contributed by atoms with E-state index in [4.69, 9.17) is 11.6 Å². The van der Waals surface area contributed by atoms with E-state index >= 15 is 0 Å². The monoisotopic (exact) mass is 340 g/mol. The van der Waals surface area contributed by atoms with Crippen molar-refractivity contribution in [2.45, 2.75) is 38.3 Å². The molecule has 0 radical (unpaired) electrons. The van der Waals surface area contributed by atoms with Gasteiger partial charge in [-0.25, -0.2) is 0 Å². The van der Waals surface area contributed by atoms with Crippen LogP contribution < -0.4 is 0 Å². The van der Waals surface area contributed by atoms with E-state index in [2.05, 4.69) is 22.0 Å². The third-order valence-corrected chi connectivity index (χ3v) is 4.39. The summed E-state index contributed by atoms with van der Waals surface area (Å²) in [6, 6.07) is 7.46. The number of rotatable bonds is 3. The van der Waals surface area contributed by atoms with Gasteiger partial charge in [-0.05, 0) is 60.8 Å². The maximum absolute atomic E-state index is 12.6. The summed E-state index contributed by atoms with van der Waals surface area (Å²) < 4.78 is 0.686. The summed E-state index contributed by atoms with van der Waals surface area (Å²) in [6.07, 6.45) is 1.93. The molecule has 0 N–H and O–H groups in total. The SMILES string of the molecule is CC(C)(C#N)N(C(=O)c1ccc(Cl)c(Br)c1)C1CC1. The van der Waals surface area contributed by atoms with Crippen LogP contribution >= 0.6 is 27.5 Å². The van der Waals surface area contributed by atoms with Gasteiger partial charge in [0.25, 0.3) is 5.91 Å². The number of hydrogen-bond acceptors (Lipinski definition) is 2. The van der Waals surface area contributed by atoms with Gasteiger partial charge in [0.15, 0.2) is 0 Å². The van der Waals surface area contributed by atoms with Crippen LogP contribution in [0.4, 0.5) is 0 Å². The second-order valence-corrected chi connectivity index (χ2v) is 6.47. The van der Waals surface area contributed by atoms with Crippen molar-refractivity contribution in [3.05, 3.63) is 33.3 Å². The molecule has 1 amide bonds. The third kappa shape index (κ3) is 2.93. The first-order valence-electron chi connectivity index (χ1n) is 6.07. The average Bonchev–Trinajstić information content (AvgIpc) is 3.17. The van der Waals surface area contributed by atoms with Crippen LogP contribution in [0.25, 0.3) is 0 Å². The summed E-state index contributed by atoms with van der Waals surface area (Å²) in [5.74, 6) is -0.119. The predicted molar refractivity (Wildman–Crippen MR) is 78.0 cm³/mol. The van der Waals surface area contributed by atoms with Crippen molar-refractivity contribution in [1.29, 1.82) is 5.26 Å². The Labute approximate surface area is 126 Å². The Bertz CT molecular complexity index is 561. The molecule has 2 rings (SSSR count). The first kappa shape index (κ1) is 14.4. The summed E-state index contributed by atoms with van der Waals surface area (Å²) in [6.45, 7) is 3.54. The number of carbonyl (C=O) groups is 1. The smallest absolute Gasteiger partial charge is 0.255 e. The van der Waals surface area contributed by atoms with Crippen LogP contribution in [0.2, 0.25) is 5.02 Å². The Balaban J connectivity index is 2.35. The molecule has 1 saturated carbocycles. The fraction of sp³-hybridized carbons (Fsp3) is 0.429. The summed E-state index contributed by atoms with van der Waals surface area (Å²) in [5, 5.41) is 9.83. The van der Waals surface area contributed by atoms with Crippen molar-refractivity contribution < 1.29 is 4.79 Å². The Kier molecular flexibility index (Phi) is 3.89. The van der Waals surface area contributed by atoms with Crippen molar-refractivity contribution in [3.63, 3.8) is 0 Å². The van der Waals surface area contributed by atoms with Crippen molar-refractivity contribution in [2.75, 3.05) is 0 Å². The zero-order valence-electron chi connectivity index (χ0n) is 10.8. The van der Waals surface area contributed by atoms with Crippen molar-refractivity contribution in [3.8, 4) is 6.07 Å². The standard InChI is InChI=1S/C14H14BrClN2O/c1-14(2,8-17)18(10-4-5-10)13(19)9-3-6-12(16)11(15)7-9/h3,6-7,10H,4-5H2,1-2H3. The van der Waals surface area contributed by atoms with Gasteiger partial charge in [0.2, 0.25) is 0 Å². The van der Waals surface area contributed by atoms with E-state index in [-0.39, 0.29) is 11.9 Å². The Morgan fingerprint density at radius 2 is 2.16 bits per heavy atom. The minimum absolute atomic E-state index is 0.119. The molecular formula is C14H14BrClN2O. The lowest BCUT2D eigenvalue weighted by atomic mass is 10.0. The van der Waals surface area contributed by atoms with Gasteiger partial charge in [-0.3, -0.25) is 4.79 Å². The lowest BCUT2D eigenvalue weighted by Gasteiger charge is -2.33. The van der Waals surface area contributed by atoms with Crippen LogP contribution in [-0.4, -0.2) is 22.4 Å². The average molecular weight is 342 g/mol. The summed E-state index contributed by atoms with van der Waals surface area (Å²) in [5.41, 5.74) is -0.254. The number of halogens is 2. The van der Waals surface area contributed by atoms with E-state index in [1.165, 1.54) is 0 Å². The molecule has 1 aromatic carbocycles. The van der Waals surface area contributed by atoms with Gasteiger partial charge in [-0.15, -0.1) is 0 Å². The number of benzene rings is 1. The van der Waals surface area contributed by atoms with Crippen molar-refractivity contribution >= 4 is 33.4 Å². The molecule has 1 aliphatic carbocycles. The van der Waals surface area contributed by atoms with E-state index in [9.17, 15) is 10.1 Å². The Morgan fingerprint density at radius 3 is 2.63 bits per heavy atom. The van der Waals surface area contributed by atoms with Gasteiger partial charge in [0.1, 0.15) is 5.54 Å². The van der Waals surface area contributed by atoms with Crippen LogP contribution in [0, 0.1) is 11.3 Å². The predicted octanol–water partition coefficient (Wildman–Crippen LogP) is 4.01. The number of nitriles is 1. The molecule has 1 aromatic rings. The van der Waals surface area contributed by atoms with E-state index in [0.717, 1.165) is 12.8 Å². The Morgan fingerprint density at radius 1 is 1.53 bits per heavy atom. The van der Waals surface area contributed by atoms with Crippen molar-refractivity contribution in [1.82, 2.24) is 4.90 Å². The van der Waals surface area contributed by atoms with E-state index < -0.39 is 5.54 Å². The minimum atomic E-state index is -0.801. The molecule has 19 heavy (non-hydrogen) atoms. The maximum Gasteiger partial charge on any atom is 0.255 e. The molecule has 0 spiro atoms. The lowest BCUT2D eigenvalue weighted by molar-refractivity contribution is 0.0615. The molecule has 100 valence electrons. The molecule has 1 fully saturated rings. The fourth-order valence-corrected chi connectivity index (χ4v) is 2.53. The van der Waals surface area contributed by atoms with E-state index in [1.54, 1.807) is 36.9 Å². The number of amides is 1. The number of carbonyl (C=O) groups excluding carboxylic acids is 1. The largest absolute Gasteiger partial charge is 0.317 e. The highest BCUT2D eigenvalue weighted by molar-refractivity contribution is 9.10. The van der Waals surface area contributed by atoms with Gasteiger partial charge < -0.3 is 4.90 Å². The van der Waals surface area contributed by atoms with E-state index in [0.29, 0.717) is 15.1 Å². The molecular weight excluding hydrogens is 328 g/mol. The molecule has 3 nitrogen and oxygen atoms in total. The third-order valence-electron chi connectivity index (χ3n) is 3.17.